The Morgan fingerprint density at radius 1 is 0.714 bits per heavy atom. The van der Waals surface area contributed by atoms with Gasteiger partial charge in [0, 0.05) is 0 Å². The second-order valence-electron chi connectivity index (χ2n) is 1.70. The number of hydrazine groups is 7. The first kappa shape index (κ1) is 12.3. The molecule has 0 saturated carbocycles. The minimum absolute atomic E-state index is 0.660. The van der Waals surface area contributed by atoms with E-state index in [4.69, 9.17) is 11.7 Å². The van der Waals surface area contributed by atoms with E-state index in [1.807, 2.05) is 10.9 Å². The van der Waals surface area contributed by atoms with E-state index in [-0.39, 0.29) is 0 Å². The molecule has 0 aliphatic carbocycles. The van der Waals surface area contributed by atoms with E-state index < -0.39 is 12.1 Å². The zero-order valence-electron chi connectivity index (χ0n) is 6.97. The number of carbonyl (C=O) groups excluding carboxylic acids is 2. The molecule has 0 radical (unpaired) electrons. The van der Waals surface area contributed by atoms with Crippen LogP contribution in [0.25, 0.3) is 0 Å². The first-order valence-electron chi connectivity index (χ1n) is 3.24. The van der Waals surface area contributed by atoms with Gasteiger partial charge in [-0.25, -0.2) is 21.3 Å². The van der Waals surface area contributed by atoms with Gasteiger partial charge >= 0.3 is 12.1 Å². The molecular formula is C2H12N10O2. The molecule has 0 saturated heterocycles. The number of rotatable bonds is 5. The molecule has 12 heteroatoms. The summed E-state index contributed by atoms with van der Waals surface area (Å²) in [7, 11) is 0. The number of hydrogen-bond donors (Lipinski definition) is 10. The maximum Gasteiger partial charge on any atom is 0.344 e. The Hall–Kier alpha value is -1.70. The summed E-state index contributed by atoms with van der Waals surface area (Å²) in [5, 5.41) is 0. The molecule has 14 heavy (non-hydrogen) atoms. The van der Waals surface area contributed by atoms with Crippen LogP contribution >= 0.6 is 0 Å². The van der Waals surface area contributed by atoms with Gasteiger partial charge in [0.2, 0.25) is 0 Å². The highest BCUT2D eigenvalue weighted by atomic mass is 16.2. The Morgan fingerprint density at radius 3 is 1.36 bits per heavy atom. The van der Waals surface area contributed by atoms with Gasteiger partial charge in [0.05, 0.1) is 0 Å². The van der Waals surface area contributed by atoms with Crippen LogP contribution < -0.4 is 55.5 Å². The van der Waals surface area contributed by atoms with Crippen LogP contribution in [0.3, 0.4) is 0 Å². The molecule has 0 aromatic rings. The number of hydrogen-bond acceptors (Lipinski definition) is 8. The summed E-state index contributed by atoms with van der Waals surface area (Å²) in [6.07, 6.45) is 0. The second-order valence-corrected chi connectivity index (χ2v) is 1.70. The predicted molar refractivity (Wildman–Crippen MR) is 44.3 cm³/mol. The molecule has 0 rings (SSSR count). The average molecular weight is 208 g/mol. The summed E-state index contributed by atoms with van der Waals surface area (Å²) in [6.45, 7) is 0. The van der Waals surface area contributed by atoms with Gasteiger partial charge in [-0.15, -0.1) is 0 Å². The van der Waals surface area contributed by atoms with E-state index in [2.05, 4.69) is 22.1 Å². The third-order valence-electron chi connectivity index (χ3n) is 0.802. The van der Waals surface area contributed by atoms with Crippen LogP contribution in [0.1, 0.15) is 0 Å². The molecule has 0 fully saturated rings. The first-order valence-corrected chi connectivity index (χ1v) is 3.24. The van der Waals surface area contributed by atoms with Gasteiger partial charge in [-0.05, 0) is 0 Å². The zero-order chi connectivity index (χ0) is 10.8. The monoisotopic (exact) mass is 208 g/mol. The molecular weight excluding hydrogens is 196 g/mol. The van der Waals surface area contributed by atoms with E-state index in [1.54, 1.807) is 10.9 Å². The SMILES string of the molecule is NNC(=O)NNNNNNC(=O)NN. The van der Waals surface area contributed by atoms with Crippen molar-refractivity contribution in [1.29, 1.82) is 0 Å². The Morgan fingerprint density at radius 2 is 1.07 bits per heavy atom. The van der Waals surface area contributed by atoms with Crippen LogP contribution in [0.4, 0.5) is 9.59 Å². The Labute approximate surface area is 78.3 Å². The molecule has 12 N–H and O–H groups in total. The third-order valence-corrected chi connectivity index (χ3v) is 0.802. The predicted octanol–water partition coefficient (Wildman–Crippen LogP) is -4.73. The fourth-order valence-electron chi connectivity index (χ4n) is 0.311. The molecule has 0 aromatic heterocycles. The normalized spacial score (nSPS) is 9.00. The Bertz CT molecular complexity index is 161. The lowest BCUT2D eigenvalue weighted by Gasteiger charge is -2.10. The van der Waals surface area contributed by atoms with Crippen molar-refractivity contribution in [1.82, 2.24) is 43.8 Å². The highest BCUT2D eigenvalue weighted by Gasteiger charge is 1.93. The van der Waals surface area contributed by atoms with E-state index in [9.17, 15) is 9.59 Å². The molecule has 0 aromatic carbocycles. The van der Waals surface area contributed by atoms with Gasteiger partial charge in [0.25, 0.3) is 0 Å². The van der Waals surface area contributed by atoms with Crippen molar-refractivity contribution in [3.05, 3.63) is 0 Å². The molecule has 0 atom stereocenters. The van der Waals surface area contributed by atoms with E-state index in [0.29, 0.717) is 0 Å². The quantitative estimate of drug-likeness (QED) is 0.0924. The van der Waals surface area contributed by atoms with Crippen LogP contribution in [0.15, 0.2) is 0 Å². The number of amides is 4. The van der Waals surface area contributed by atoms with Crippen molar-refractivity contribution < 1.29 is 9.59 Å². The third kappa shape index (κ3) is 6.98. The van der Waals surface area contributed by atoms with Crippen molar-refractivity contribution in [3.8, 4) is 0 Å². The van der Waals surface area contributed by atoms with Crippen molar-refractivity contribution in [2.75, 3.05) is 0 Å². The standard InChI is InChI=1S/C2H12N10O2/c3-5-1(13)7-9-11-12-10-8-2(14)6-4/h9-12H,3-4H2,(H2,5,7,13)(H2,6,8,14). The zero-order valence-corrected chi connectivity index (χ0v) is 6.97. The lowest BCUT2D eigenvalue weighted by atomic mass is 11.1. The van der Waals surface area contributed by atoms with Crippen LogP contribution in [0.2, 0.25) is 0 Å². The lowest BCUT2D eigenvalue weighted by molar-refractivity contribution is 0.218. The molecule has 4 amide bonds. The molecule has 0 spiro atoms. The topological polar surface area (TPSA) is 182 Å². The fraction of sp³-hybridized carbons (Fsp3) is 0. The van der Waals surface area contributed by atoms with E-state index >= 15 is 0 Å². The summed E-state index contributed by atoms with van der Waals surface area (Å²) in [5.41, 5.74) is 16.4. The summed E-state index contributed by atoms with van der Waals surface area (Å²) < 4.78 is 0. The van der Waals surface area contributed by atoms with Gasteiger partial charge in [0.15, 0.2) is 0 Å². The van der Waals surface area contributed by atoms with Crippen LogP contribution in [0, 0.1) is 0 Å². The van der Waals surface area contributed by atoms with Gasteiger partial charge in [-0.1, -0.05) is 0 Å². The minimum Gasteiger partial charge on any atom is -0.275 e. The maximum atomic E-state index is 10.4. The smallest absolute Gasteiger partial charge is 0.275 e. The van der Waals surface area contributed by atoms with Gasteiger partial charge in [-0.3, -0.25) is 21.7 Å². The molecule has 0 aliphatic heterocycles. The van der Waals surface area contributed by atoms with Crippen molar-refractivity contribution in [2.24, 2.45) is 11.7 Å². The van der Waals surface area contributed by atoms with Gasteiger partial charge in [0.1, 0.15) is 0 Å². The highest BCUT2D eigenvalue weighted by Crippen LogP contribution is 1.49. The average Bonchev–Trinajstić information content (AvgIpc) is 2.22. The van der Waals surface area contributed by atoms with Crippen LogP contribution in [0.5, 0.6) is 0 Å². The second kappa shape index (κ2) is 7.92. The largest absolute Gasteiger partial charge is 0.344 e. The molecule has 82 valence electrons. The first-order chi connectivity index (χ1) is 6.70. The number of carbonyl (C=O) groups is 2. The molecule has 0 heterocycles. The van der Waals surface area contributed by atoms with E-state index in [1.165, 1.54) is 0 Å². The number of urea groups is 2. The van der Waals surface area contributed by atoms with Crippen LogP contribution in [-0.2, 0) is 0 Å². The summed E-state index contributed by atoms with van der Waals surface area (Å²) in [6, 6.07) is -1.32. The maximum absolute atomic E-state index is 10.4. The molecule has 0 bridgehead atoms. The van der Waals surface area contributed by atoms with Crippen molar-refractivity contribution in [2.45, 2.75) is 0 Å². The van der Waals surface area contributed by atoms with Gasteiger partial charge < -0.3 is 0 Å². The Balaban J connectivity index is 3.14. The molecule has 12 nitrogen and oxygen atoms in total. The van der Waals surface area contributed by atoms with Crippen molar-refractivity contribution >= 4 is 12.1 Å². The van der Waals surface area contributed by atoms with Gasteiger partial charge in [-0.2, -0.15) is 22.1 Å². The molecule has 0 aliphatic rings. The van der Waals surface area contributed by atoms with E-state index in [0.717, 1.165) is 0 Å². The fourth-order valence-corrected chi connectivity index (χ4v) is 0.311. The summed E-state index contributed by atoms with van der Waals surface area (Å²) in [4.78, 5) is 20.8. The summed E-state index contributed by atoms with van der Waals surface area (Å²) in [5.74, 6) is 9.45. The van der Waals surface area contributed by atoms with Crippen molar-refractivity contribution in [3.63, 3.8) is 0 Å². The Kier molecular flexibility index (Phi) is 6.96. The van der Waals surface area contributed by atoms with Crippen LogP contribution in [-0.4, -0.2) is 12.1 Å². The lowest BCUT2D eigenvalue weighted by Crippen LogP contribution is -2.63. The number of nitrogens with two attached hydrogens (primary N) is 2. The molecule has 0 unspecified atom stereocenters. The summed E-state index contributed by atoms with van der Waals surface area (Å²) >= 11 is 0. The number of nitrogens with one attached hydrogen (secondary N) is 8. The minimum atomic E-state index is -0.660. The highest BCUT2D eigenvalue weighted by molar-refractivity contribution is 5.72.